The Balaban J connectivity index is 1.77. The van der Waals surface area contributed by atoms with Gasteiger partial charge in [0.25, 0.3) is 0 Å². The molecule has 0 saturated heterocycles. The van der Waals surface area contributed by atoms with Crippen LogP contribution in [0.1, 0.15) is 35.4 Å². The normalized spacial score (nSPS) is 13.2. The van der Waals surface area contributed by atoms with E-state index in [4.69, 9.17) is 0 Å². The van der Waals surface area contributed by atoms with Gasteiger partial charge in [-0.3, -0.25) is 0 Å². The summed E-state index contributed by atoms with van der Waals surface area (Å²) in [7, 11) is 1.91. The first-order chi connectivity index (χ1) is 11.6. The van der Waals surface area contributed by atoms with Crippen LogP contribution in [-0.4, -0.2) is 20.6 Å². The second-order valence-corrected chi connectivity index (χ2v) is 6.38. The van der Waals surface area contributed by atoms with E-state index in [9.17, 15) is 4.79 Å². The number of carbonyl (C=O) groups excluding carboxylic acids is 1. The van der Waals surface area contributed by atoms with E-state index in [1.54, 1.807) is 12.4 Å². The molecule has 7 heteroatoms. The zero-order valence-electron chi connectivity index (χ0n) is 13.5. The minimum atomic E-state index is -0.324. The largest absolute Gasteiger partial charge is 0.336 e. The van der Waals surface area contributed by atoms with Crippen LogP contribution in [0.15, 0.2) is 54.3 Å². The van der Waals surface area contributed by atoms with Crippen molar-refractivity contribution in [2.45, 2.75) is 19.0 Å². The van der Waals surface area contributed by atoms with Gasteiger partial charge >= 0.3 is 6.03 Å². The lowest BCUT2D eigenvalue weighted by Gasteiger charge is -2.21. The van der Waals surface area contributed by atoms with Crippen molar-refractivity contribution in [2.24, 2.45) is 7.05 Å². The van der Waals surface area contributed by atoms with Gasteiger partial charge in [0.2, 0.25) is 0 Å². The van der Waals surface area contributed by atoms with Gasteiger partial charge in [0, 0.05) is 31.0 Å². The second-order valence-electron chi connectivity index (χ2n) is 5.45. The van der Waals surface area contributed by atoms with Crippen LogP contribution in [0.5, 0.6) is 0 Å². The summed E-state index contributed by atoms with van der Waals surface area (Å²) in [4.78, 5) is 21.1. The fourth-order valence-electron chi connectivity index (χ4n) is 2.48. The summed E-state index contributed by atoms with van der Waals surface area (Å²) in [5.41, 5.74) is 0.976. The lowest BCUT2D eigenvalue weighted by molar-refractivity contribution is 0.235. The maximum absolute atomic E-state index is 12.5. The van der Waals surface area contributed by atoms with Crippen LogP contribution in [0, 0.1) is 0 Å². The van der Waals surface area contributed by atoms with Crippen molar-refractivity contribution in [3.05, 3.63) is 70.7 Å². The average Bonchev–Trinajstić information content (AvgIpc) is 3.25. The van der Waals surface area contributed by atoms with E-state index in [1.807, 2.05) is 60.4 Å². The van der Waals surface area contributed by atoms with Crippen molar-refractivity contribution in [2.75, 3.05) is 0 Å². The molecule has 0 fully saturated rings. The van der Waals surface area contributed by atoms with Crippen molar-refractivity contribution in [1.82, 2.24) is 25.2 Å². The molecule has 0 saturated carbocycles. The van der Waals surface area contributed by atoms with E-state index in [-0.39, 0.29) is 18.1 Å². The standard InChI is InChI=1S/C17H19N5OS/c1-12(16-19-9-11-24-16)20-17(23)21-14(13-6-4-3-5-7-13)15-18-8-10-22(15)2/h3-12,14H,1-2H3,(H2,20,21,23)/t12-,14+/m1/s1. The van der Waals surface area contributed by atoms with Crippen molar-refractivity contribution in [3.8, 4) is 0 Å². The van der Waals surface area contributed by atoms with Gasteiger partial charge in [-0.15, -0.1) is 11.3 Å². The number of nitrogens with zero attached hydrogens (tertiary/aromatic N) is 3. The van der Waals surface area contributed by atoms with Gasteiger partial charge in [-0.25, -0.2) is 14.8 Å². The molecule has 24 heavy (non-hydrogen) atoms. The SMILES string of the molecule is C[C@@H](NC(=O)N[C@@H](c1ccccc1)c1nccn1C)c1nccs1. The fraction of sp³-hybridized carbons (Fsp3) is 0.235. The molecule has 6 nitrogen and oxygen atoms in total. The number of hydrogen-bond donors (Lipinski definition) is 2. The molecule has 3 rings (SSSR count). The first-order valence-corrected chi connectivity index (χ1v) is 8.51. The summed E-state index contributed by atoms with van der Waals surface area (Å²) in [5.74, 6) is 0.776. The van der Waals surface area contributed by atoms with E-state index in [2.05, 4.69) is 20.6 Å². The van der Waals surface area contributed by atoms with Crippen LogP contribution in [0.3, 0.4) is 0 Å². The van der Waals surface area contributed by atoms with Gasteiger partial charge in [0.1, 0.15) is 16.9 Å². The van der Waals surface area contributed by atoms with Gasteiger partial charge in [0.05, 0.1) is 6.04 Å². The van der Waals surface area contributed by atoms with E-state index in [0.29, 0.717) is 0 Å². The average molecular weight is 341 g/mol. The van der Waals surface area contributed by atoms with Crippen molar-refractivity contribution in [1.29, 1.82) is 0 Å². The first kappa shape index (κ1) is 16.2. The summed E-state index contributed by atoms with van der Waals surface area (Å²) in [6.45, 7) is 1.91. The molecule has 0 spiro atoms. The van der Waals surface area contributed by atoms with Gasteiger partial charge < -0.3 is 15.2 Å². The number of aromatic nitrogens is 3. The number of carbonyl (C=O) groups is 1. The fourth-order valence-corrected chi connectivity index (χ4v) is 3.12. The Hall–Kier alpha value is -2.67. The molecule has 0 unspecified atom stereocenters. The summed E-state index contributed by atoms with van der Waals surface area (Å²) in [5, 5.41) is 8.71. The lowest BCUT2D eigenvalue weighted by atomic mass is 10.1. The molecule has 2 aromatic heterocycles. The molecule has 1 aromatic carbocycles. The zero-order chi connectivity index (χ0) is 16.9. The molecular weight excluding hydrogens is 322 g/mol. The van der Waals surface area contributed by atoms with E-state index >= 15 is 0 Å². The van der Waals surface area contributed by atoms with Crippen molar-refractivity contribution < 1.29 is 4.79 Å². The summed E-state index contributed by atoms with van der Waals surface area (Å²) < 4.78 is 1.90. The predicted molar refractivity (Wildman–Crippen MR) is 93.7 cm³/mol. The number of urea groups is 1. The molecule has 0 aliphatic heterocycles. The highest BCUT2D eigenvalue weighted by atomic mass is 32.1. The predicted octanol–water partition coefficient (Wildman–Crippen LogP) is 3.03. The number of nitrogens with one attached hydrogen (secondary N) is 2. The number of amides is 2. The number of aryl methyl sites for hydroxylation is 1. The highest BCUT2D eigenvalue weighted by molar-refractivity contribution is 7.09. The number of thiazole rings is 1. The molecule has 0 aliphatic carbocycles. The van der Waals surface area contributed by atoms with Gasteiger partial charge in [0.15, 0.2) is 0 Å². The molecule has 0 bridgehead atoms. The van der Waals surface area contributed by atoms with Gasteiger partial charge in [-0.05, 0) is 12.5 Å². The number of hydrogen-bond acceptors (Lipinski definition) is 4. The summed E-state index contributed by atoms with van der Waals surface area (Å²) in [6, 6.07) is 9.07. The van der Waals surface area contributed by atoms with Crippen LogP contribution >= 0.6 is 11.3 Å². The van der Waals surface area contributed by atoms with Gasteiger partial charge in [-0.1, -0.05) is 30.3 Å². The zero-order valence-corrected chi connectivity index (χ0v) is 14.3. The summed E-state index contributed by atoms with van der Waals surface area (Å²) in [6.07, 6.45) is 5.32. The topological polar surface area (TPSA) is 71.8 Å². The summed E-state index contributed by atoms with van der Waals surface area (Å²) >= 11 is 1.52. The minimum absolute atomic E-state index is 0.150. The Bertz CT molecular complexity index is 784. The number of imidazole rings is 1. The second kappa shape index (κ2) is 7.27. The Morgan fingerprint density at radius 2 is 1.96 bits per heavy atom. The van der Waals surface area contributed by atoms with Crippen LogP contribution in [0.2, 0.25) is 0 Å². The monoisotopic (exact) mass is 341 g/mol. The quantitative estimate of drug-likeness (QED) is 0.749. The van der Waals surface area contributed by atoms with Crippen LogP contribution in [0.25, 0.3) is 0 Å². The van der Waals surface area contributed by atoms with E-state index in [1.165, 1.54) is 11.3 Å². The number of benzene rings is 1. The molecule has 2 heterocycles. The Kier molecular flexibility index (Phi) is 4.90. The molecule has 2 atom stereocenters. The third-order valence-corrected chi connectivity index (χ3v) is 4.65. The maximum Gasteiger partial charge on any atom is 0.316 e. The Morgan fingerprint density at radius 3 is 2.58 bits per heavy atom. The third kappa shape index (κ3) is 3.62. The lowest BCUT2D eigenvalue weighted by Crippen LogP contribution is -2.40. The molecule has 3 aromatic rings. The molecule has 124 valence electrons. The smallest absolute Gasteiger partial charge is 0.316 e. The van der Waals surface area contributed by atoms with Crippen molar-refractivity contribution in [3.63, 3.8) is 0 Å². The highest BCUT2D eigenvalue weighted by Crippen LogP contribution is 2.20. The molecule has 0 radical (unpaired) electrons. The number of rotatable bonds is 5. The van der Waals surface area contributed by atoms with Crippen LogP contribution in [0.4, 0.5) is 4.79 Å². The van der Waals surface area contributed by atoms with Crippen LogP contribution in [-0.2, 0) is 7.05 Å². The van der Waals surface area contributed by atoms with Crippen LogP contribution < -0.4 is 10.6 Å². The Morgan fingerprint density at radius 1 is 1.17 bits per heavy atom. The third-order valence-electron chi connectivity index (χ3n) is 3.69. The van der Waals surface area contributed by atoms with Gasteiger partial charge in [-0.2, -0.15) is 0 Å². The Labute approximate surface area is 144 Å². The van der Waals surface area contributed by atoms with Crippen molar-refractivity contribution >= 4 is 17.4 Å². The van der Waals surface area contributed by atoms with E-state index < -0.39 is 0 Å². The molecular formula is C17H19N5OS. The maximum atomic E-state index is 12.5. The van der Waals surface area contributed by atoms with E-state index in [0.717, 1.165) is 16.4 Å². The first-order valence-electron chi connectivity index (χ1n) is 7.63. The highest BCUT2D eigenvalue weighted by Gasteiger charge is 2.21. The molecule has 2 amide bonds. The molecule has 0 aliphatic rings. The minimum Gasteiger partial charge on any atom is -0.336 e. The molecule has 2 N–H and O–H groups in total.